The Hall–Kier alpha value is -2.40. The molecule has 1 amide bonds. The van der Waals surface area contributed by atoms with Gasteiger partial charge in [0.1, 0.15) is 0 Å². The van der Waals surface area contributed by atoms with Crippen LogP contribution < -0.4 is 10.1 Å². The van der Waals surface area contributed by atoms with Gasteiger partial charge in [0.05, 0.1) is 11.5 Å². The molecule has 0 saturated heterocycles. The molecule has 2 aromatic heterocycles. The van der Waals surface area contributed by atoms with E-state index in [1.54, 1.807) is 6.20 Å². The molecule has 0 aliphatic rings. The fourth-order valence-corrected chi connectivity index (χ4v) is 3.04. The summed E-state index contributed by atoms with van der Waals surface area (Å²) in [5.41, 5.74) is 0. The zero-order valence-electron chi connectivity index (χ0n) is 12.0. The number of benzene rings is 1. The maximum absolute atomic E-state index is 12.1. The molecule has 0 saturated carbocycles. The van der Waals surface area contributed by atoms with Crippen LogP contribution in [0.3, 0.4) is 0 Å². The van der Waals surface area contributed by atoms with E-state index in [1.165, 1.54) is 11.3 Å². The lowest BCUT2D eigenvalue weighted by Gasteiger charge is -2.05. The van der Waals surface area contributed by atoms with E-state index in [-0.39, 0.29) is 5.91 Å². The second kappa shape index (κ2) is 7.04. The first-order valence-electron chi connectivity index (χ1n) is 7.13. The molecule has 0 bridgehead atoms. The molecule has 0 aliphatic carbocycles. The van der Waals surface area contributed by atoms with Crippen LogP contribution >= 0.6 is 11.3 Å². The molecule has 1 N–H and O–H groups in total. The number of aromatic nitrogens is 1. The second-order valence-electron chi connectivity index (χ2n) is 4.77. The average molecular weight is 312 g/mol. The topological polar surface area (TPSA) is 51.2 Å². The Kier molecular flexibility index (Phi) is 4.65. The summed E-state index contributed by atoms with van der Waals surface area (Å²) in [6, 6.07) is 15.5. The molecule has 0 unspecified atom stereocenters. The number of hydrogen-bond donors (Lipinski definition) is 1. The minimum Gasteiger partial charge on any atom is -0.478 e. The highest BCUT2D eigenvalue weighted by molar-refractivity contribution is 7.20. The molecule has 22 heavy (non-hydrogen) atoms. The number of fused-ring (bicyclic) bond motifs is 1. The monoisotopic (exact) mass is 312 g/mol. The van der Waals surface area contributed by atoms with Crippen molar-refractivity contribution in [3.05, 3.63) is 59.6 Å². The van der Waals surface area contributed by atoms with Crippen molar-refractivity contribution >= 4 is 27.3 Å². The van der Waals surface area contributed by atoms with Crippen LogP contribution in [0.2, 0.25) is 0 Å². The number of carbonyl (C=O) groups is 1. The SMILES string of the molecule is O=C(NCCCOc1ccccn1)c1cc2ccccc2s1. The average Bonchev–Trinajstić information content (AvgIpc) is 2.99. The molecule has 1 aromatic carbocycles. The number of nitrogens with one attached hydrogen (secondary N) is 1. The first-order chi connectivity index (χ1) is 10.8. The van der Waals surface area contributed by atoms with Crippen LogP contribution in [0.1, 0.15) is 16.1 Å². The number of ether oxygens (including phenoxy) is 1. The number of carbonyl (C=O) groups excluding carboxylic acids is 1. The van der Waals surface area contributed by atoms with Crippen molar-refractivity contribution in [1.29, 1.82) is 0 Å². The van der Waals surface area contributed by atoms with Crippen LogP contribution in [0, 0.1) is 0 Å². The van der Waals surface area contributed by atoms with Gasteiger partial charge in [-0.2, -0.15) is 0 Å². The summed E-state index contributed by atoms with van der Waals surface area (Å²) in [4.78, 5) is 16.9. The number of rotatable bonds is 6. The van der Waals surface area contributed by atoms with Crippen LogP contribution in [-0.4, -0.2) is 24.0 Å². The molecule has 4 nitrogen and oxygen atoms in total. The molecule has 0 spiro atoms. The number of hydrogen-bond acceptors (Lipinski definition) is 4. The highest BCUT2D eigenvalue weighted by atomic mass is 32.1. The lowest BCUT2D eigenvalue weighted by molar-refractivity contribution is 0.0955. The van der Waals surface area contributed by atoms with Gasteiger partial charge >= 0.3 is 0 Å². The van der Waals surface area contributed by atoms with E-state index in [2.05, 4.69) is 10.3 Å². The van der Waals surface area contributed by atoms with E-state index < -0.39 is 0 Å². The Labute approximate surface area is 132 Å². The summed E-state index contributed by atoms with van der Waals surface area (Å²) >= 11 is 1.51. The van der Waals surface area contributed by atoms with Crippen LogP contribution in [0.25, 0.3) is 10.1 Å². The normalized spacial score (nSPS) is 10.5. The summed E-state index contributed by atoms with van der Waals surface area (Å²) in [6.07, 6.45) is 2.44. The Bertz CT molecular complexity index is 722. The van der Waals surface area contributed by atoms with Gasteiger partial charge in [-0.05, 0) is 30.0 Å². The summed E-state index contributed by atoms with van der Waals surface area (Å²) < 4.78 is 6.61. The zero-order chi connectivity index (χ0) is 15.2. The second-order valence-corrected chi connectivity index (χ2v) is 5.86. The summed E-state index contributed by atoms with van der Waals surface area (Å²) in [7, 11) is 0. The Morgan fingerprint density at radius 1 is 1.18 bits per heavy atom. The van der Waals surface area contributed by atoms with Gasteiger partial charge in [-0.15, -0.1) is 11.3 Å². The van der Waals surface area contributed by atoms with E-state index >= 15 is 0 Å². The van der Waals surface area contributed by atoms with Crippen molar-refractivity contribution in [3.63, 3.8) is 0 Å². The molecule has 3 rings (SSSR count). The molecule has 0 aliphatic heterocycles. The van der Waals surface area contributed by atoms with Crippen LogP contribution in [0.5, 0.6) is 5.88 Å². The first-order valence-corrected chi connectivity index (χ1v) is 7.95. The number of pyridine rings is 1. The lowest BCUT2D eigenvalue weighted by Crippen LogP contribution is -2.24. The Morgan fingerprint density at radius 3 is 2.86 bits per heavy atom. The molecular weight excluding hydrogens is 296 g/mol. The summed E-state index contributed by atoms with van der Waals surface area (Å²) in [5, 5.41) is 4.02. The van der Waals surface area contributed by atoms with E-state index in [4.69, 9.17) is 4.74 Å². The van der Waals surface area contributed by atoms with E-state index in [0.717, 1.165) is 21.4 Å². The van der Waals surface area contributed by atoms with E-state index in [1.807, 2.05) is 48.5 Å². The zero-order valence-corrected chi connectivity index (χ0v) is 12.8. The maximum Gasteiger partial charge on any atom is 0.261 e. The summed E-state index contributed by atoms with van der Waals surface area (Å²) in [5.74, 6) is 0.581. The van der Waals surface area contributed by atoms with Crippen molar-refractivity contribution in [2.75, 3.05) is 13.2 Å². The minimum absolute atomic E-state index is 0.0287. The van der Waals surface area contributed by atoms with Gasteiger partial charge in [0, 0.05) is 23.5 Å². The fraction of sp³-hybridized carbons (Fsp3) is 0.176. The Morgan fingerprint density at radius 2 is 2.05 bits per heavy atom. The first kappa shape index (κ1) is 14.5. The third-order valence-corrected chi connectivity index (χ3v) is 4.26. The molecule has 0 fully saturated rings. The summed E-state index contributed by atoms with van der Waals surface area (Å²) in [6.45, 7) is 1.11. The highest BCUT2D eigenvalue weighted by Crippen LogP contribution is 2.24. The van der Waals surface area contributed by atoms with Crippen molar-refractivity contribution in [3.8, 4) is 5.88 Å². The molecule has 2 heterocycles. The third kappa shape index (κ3) is 3.62. The van der Waals surface area contributed by atoms with Gasteiger partial charge in [0.25, 0.3) is 5.91 Å². The molecule has 3 aromatic rings. The molecule has 0 radical (unpaired) electrons. The molecule has 5 heteroatoms. The van der Waals surface area contributed by atoms with Crippen molar-refractivity contribution < 1.29 is 9.53 Å². The van der Waals surface area contributed by atoms with Crippen molar-refractivity contribution in [1.82, 2.24) is 10.3 Å². The van der Waals surface area contributed by atoms with Crippen LogP contribution in [0.4, 0.5) is 0 Å². The van der Waals surface area contributed by atoms with Gasteiger partial charge < -0.3 is 10.1 Å². The smallest absolute Gasteiger partial charge is 0.261 e. The highest BCUT2D eigenvalue weighted by Gasteiger charge is 2.09. The van der Waals surface area contributed by atoms with Crippen molar-refractivity contribution in [2.24, 2.45) is 0 Å². The van der Waals surface area contributed by atoms with Gasteiger partial charge in [-0.3, -0.25) is 4.79 Å². The molecule has 0 atom stereocenters. The number of amides is 1. The predicted octanol–water partition coefficient (Wildman–Crippen LogP) is 3.50. The predicted molar refractivity (Wildman–Crippen MR) is 88.5 cm³/mol. The van der Waals surface area contributed by atoms with Crippen LogP contribution in [-0.2, 0) is 0 Å². The van der Waals surface area contributed by atoms with Gasteiger partial charge in [-0.25, -0.2) is 4.98 Å². The maximum atomic E-state index is 12.1. The van der Waals surface area contributed by atoms with E-state index in [0.29, 0.717) is 19.0 Å². The van der Waals surface area contributed by atoms with Gasteiger partial charge in [0.15, 0.2) is 0 Å². The molecule has 112 valence electrons. The third-order valence-electron chi connectivity index (χ3n) is 3.14. The largest absolute Gasteiger partial charge is 0.478 e. The lowest BCUT2D eigenvalue weighted by atomic mass is 10.2. The van der Waals surface area contributed by atoms with Crippen LogP contribution in [0.15, 0.2) is 54.7 Å². The van der Waals surface area contributed by atoms with Gasteiger partial charge in [0.2, 0.25) is 5.88 Å². The number of thiophene rings is 1. The Balaban J connectivity index is 1.44. The quantitative estimate of drug-likeness (QED) is 0.709. The standard InChI is InChI=1S/C17H16N2O2S/c20-17(15-12-13-6-1-2-7-14(13)22-15)19-10-5-11-21-16-8-3-4-9-18-16/h1-4,6-9,12H,5,10-11H2,(H,19,20). The fourth-order valence-electron chi connectivity index (χ4n) is 2.06. The minimum atomic E-state index is -0.0287. The van der Waals surface area contributed by atoms with E-state index in [9.17, 15) is 4.79 Å². The molecular formula is C17H16N2O2S. The number of nitrogens with zero attached hydrogens (tertiary/aromatic N) is 1. The van der Waals surface area contributed by atoms with Gasteiger partial charge in [-0.1, -0.05) is 24.3 Å². The van der Waals surface area contributed by atoms with Crippen molar-refractivity contribution in [2.45, 2.75) is 6.42 Å².